The number of aryl methyl sites for hydroxylation is 2. The average Bonchev–Trinajstić information content (AvgIpc) is 2.59. The lowest BCUT2D eigenvalue weighted by molar-refractivity contribution is 0.499. The summed E-state index contributed by atoms with van der Waals surface area (Å²) in [4.78, 5) is 4.07. The third kappa shape index (κ3) is 2.70. The molecule has 0 aromatic carbocycles. The van der Waals surface area contributed by atoms with Gasteiger partial charge in [0.25, 0.3) is 0 Å². The first-order valence-corrected chi connectivity index (χ1v) is 5.41. The zero-order chi connectivity index (χ0) is 11.4. The molecule has 0 atom stereocenters. The van der Waals surface area contributed by atoms with Crippen LogP contribution in [0.4, 0.5) is 0 Å². The number of nitrogens with one attached hydrogen (secondary N) is 1. The second-order valence-corrected chi connectivity index (χ2v) is 3.90. The zero-order valence-corrected chi connectivity index (χ0v) is 9.66. The number of aromatic nitrogens is 1. The lowest BCUT2D eigenvalue weighted by atomic mass is 10.2. The van der Waals surface area contributed by atoms with Crippen molar-refractivity contribution < 1.29 is 4.42 Å². The highest BCUT2D eigenvalue weighted by molar-refractivity contribution is 5.20. The number of pyridine rings is 1. The molecule has 2 aromatic heterocycles. The van der Waals surface area contributed by atoms with E-state index in [9.17, 15) is 0 Å². The Bertz CT molecular complexity index is 448. The van der Waals surface area contributed by atoms with Gasteiger partial charge >= 0.3 is 0 Å². The molecule has 16 heavy (non-hydrogen) atoms. The Morgan fingerprint density at radius 3 is 2.81 bits per heavy atom. The van der Waals surface area contributed by atoms with Crippen LogP contribution in [-0.4, -0.2) is 4.98 Å². The first-order valence-electron chi connectivity index (χ1n) is 5.41. The van der Waals surface area contributed by atoms with E-state index in [2.05, 4.69) is 22.4 Å². The number of hydrogen-bond acceptors (Lipinski definition) is 3. The van der Waals surface area contributed by atoms with Crippen LogP contribution in [-0.2, 0) is 13.1 Å². The fourth-order valence-electron chi connectivity index (χ4n) is 1.70. The van der Waals surface area contributed by atoms with Gasteiger partial charge in [0.1, 0.15) is 11.5 Å². The van der Waals surface area contributed by atoms with E-state index in [4.69, 9.17) is 4.42 Å². The molecule has 0 radical (unpaired) electrons. The molecule has 84 valence electrons. The van der Waals surface area contributed by atoms with E-state index in [0.717, 1.165) is 24.6 Å². The molecule has 1 N–H and O–H groups in total. The van der Waals surface area contributed by atoms with Gasteiger partial charge in [-0.25, -0.2) is 0 Å². The van der Waals surface area contributed by atoms with Crippen molar-refractivity contribution in [3.63, 3.8) is 0 Å². The van der Waals surface area contributed by atoms with Gasteiger partial charge in [0.15, 0.2) is 0 Å². The summed E-state index contributed by atoms with van der Waals surface area (Å²) in [6, 6.07) is 6.09. The van der Waals surface area contributed by atoms with Crippen molar-refractivity contribution >= 4 is 0 Å². The summed E-state index contributed by atoms with van der Waals surface area (Å²) in [5, 5.41) is 3.37. The molecule has 0 saturated carbocycles. The summed E-state index contributed by atoms with van der Waals surface area (Å²) in [6.07, 6.45) is 3.66. The molecular weight excluding hydrogens is 200 g/mol. The third-order valence-electron chi connectivity index (χ3n) is 2.51. The molecule has 0 spiro atoms. The van der Waals surface area contributed by atoms with Crippen molar-refractivity contribution in [3.05, 3.63) is 53.2 Å². The van der Waals surface area contributed by atoms with E-state index >= 15 is 0 Å². The van der Waals surface area contributed by atoms with E-state index < -0.39 is 0 Å². The Hall–Kier alpha value is -1.61. The van der Waals surface area contributed by atoms with Gasteiger partial charge in [-0.05, 0) is 31.5 Å². The molecule has 3 nitrogen and oxygen atoms in total. The Morgan fingerprint density at radius 1 is 1.31 bits per heavy atom. The molecule has 2 heterocycles. The maximum absolute atomic E-state index is 5.46. The fourth-order valence-corrected chi connectivity index (χ4v) is 1.70. The van der Waals surface area contributed by atoms with Gasteiger partial charge in [0.05, 0.1) is 0 Å². The monoisotopic (exact) mass is 216 g/mol. The first-order chi connectivity index (χ1) is 7.75. The van der Waals surface area contributed by atoms with Crippen molar-refractivity contribution in [1.29, 1.82) is 0 Å². The predicted octanol–water partition coefficient (Wildman–Crippen LogP) is 2.58. The molecule has 0 unspecified atom stereocenters. The minimum atomic E-state index is 0.831. The maximum atomic E-state index is 5.46. The summed E-state index contributed by atoms with van der Waals surface area (Å²) >= 11 is 0. The van der Waals surface area contributed by atoms with Gasteiger partial charge < -0.3 is 9.73 Å². The van der Waals surface area contributed by atoms with Crippen molar-refractivity contribution in [2.24, 2.45) is 0 Å². The fraction of sp³-hybridized carbons (Fsp3) is 0.308. The Kier molecular flexibility index (Phi) is 3.37. The molecule has 2 aromatic rings. The van der Waals surface area contributed by atoms with Crippen molar-refractivity contribution in [3.8, 4) is 0 Å². The molecule has 0 amide bonds. The Morgan fingerprint density at radius 2 is 2.19 bits per heavy atom. The number of furan rings is 1. The minimum absolute atomic E-state index is 0.831. The standard InChI is InChI=1S/C13H16N2O/c1-10-6-13(11(2)16-10)9-15-8-12-4-3-5-14-7-12/h3-7,15H,8-9H2,1-2H3. The molecule has 0 aliphatic carbocycles. The van der Waals surface area contributed by atoms with Crippen molar-refractivity contribution in [2.45, 2.75) is 26.9 Å². The molecular formula is C13H16N2O. The molecule has 0 saturated heterocycles. The predicted molar refractivity (Wildman–Crippen MR) is 63.0 cm³/mol. The van der Waals surface area contributed by atoms with E-state index in [1.807, 2.05) is 26.1 Å². The van der Waals surface area contributed by atoms with Gasteiger partial charge in [0.2, 0.25) is 0 Å². The summed E-state index contributed by atoms with van der Waals surface area (Å²) in [7, 11) is 0. The third-order valence-corrected chi connectivity index (χ3v) is 2.51. The number of rotatable bonds is 4. The average molecular weight is 216 g/mol. The Balaban J connectivity index is 1.87. The van der Waals surface area contributed by atoms with Crippen LogP contribution < -0.4 is 5.32 Å². The first kappa shape index (κ1) is 10.9. The lowest BCUT2D eigenvalue weighted by Gasteiger charge is -2.03. The molecule has 0 aliphatic rings. The van der Waals surface area contributed by atoms with E-state index in [1.54, 1.807) is 6.20 Å². The number of hydrogen-bond donors (Lipinski definition) is 1. The van der Waals surface area contributed by atoms with E-state index in [-0.39, 0.29) is 0 Å². The van der Waals surface area contributed by atoms with Gasteiger partial charge in [-0.2, -0.15) is 0 Å². The molecule has 0 fully saturated rings. The molecule has 2 rings (SSSR count). The van der Waals surface area contributed by atoms with Crippen LogP contribution in [0, 0.1) is 13.8 Å². The highest BCUT2D eigenvalue weighted by atomic mass is 16.3. The summed E-state index contributed by atoms with van der Waals surface area (Å²) in [5.74, 6) is 1.96. The molecule has 0 bridgehead atoms. The van der Waals surface area contributed by atoms with Crippen LogP contribution in [0.3, 0.4) is 0 Å². The van der Waals surface area contributed by atoms with Crippen LogP contribution in [0.15, 0.2) is 35.0 Å². The van der Waals surface area contributed by atoms with Gasteiger partial charge in [0, 0.05) is 31.0 Å². The van der Waals surface area contributed by atoms with Crippen molar-refractivity contribution in [1.82, 2.24) is 10.3 Å². The quantitative estimate of drug-likeness (QED) is 0.853. The van der Waals surface area contributed by atoms with Crippen molar-refractivity contribution in [2.75, 3.05) is 0 Å². The van der Waals surface area contributed by atoms with E-state index in [1.165, 1.54) is 11.1 Å². The van der Waals surface area contributed by atoms with Crippen LogP contribution in [0.25, 0.3) is 0 Å². The maximum Gasteiger partial charge on any atom is 0.105 e. The van der Waals surface area contributed by atoms with E-state index in [0.29, 0.717) is 0 Å². The SMILES string of the molecule is Cc1cc(CNCc2cccnc2)c(C)o1. The zero-order valence-electron chi connectivity index (χ0n) is 9.66. The second-order valence-electron chi connectivity index (χ2n) is 3.90. The topological polar surface area (TPSA) is 38.1 Å². The van der Waals surface area contributed by atoms with Crippen LogP contribution in [0.1, 0.15) is 22.6 Å². The van der Waals surface area contributed by atoms with Gasteiger partial charge in [-0.3, -0.25) is 4.98 Å². The highest BCUT2D eigenvalue weighted by Gasteiger charge is 2.03. The second kappa shape index (κ2) is 4.94. The smallest absolute Gasteiger partial charge is 0.105 e. The normalized spacial score (nSPS) is 10.6. The van der Waals surface area contributed by atoms with Gasteiger partial charge in [-0.1, -0.05) is 6.07 Å². The summed E-state index contributed by atoms with van der Waals surface area (Å²) in [5.41, 5.74) is 2.42. The molecule has 0 aliphatic heterocycles. The minimum Gasteiger partial charge on any atom is -0.466 e. The van der Waals surface area contributed by atoms with Crippen LogP contribution in [0.2, 0.25) is 0 Å². The van der Waals surface area contributed by atoms with Crippen LogP contribution in [0.5, 0.6) is 0 Å². The van der Waals surface area contributed by atoms with Crippen LogP contribution >= 0.6 is 0 Å². The highest BCUT2D eigenvalue weighted by Crippen LogP contribution is 2.13. The summed E-state index contributed by atoms with van der Waals surface area (Å²) < 4.78 is 5.46. The van der Waals surface area contributed by atoms with Gasteiger partial charge in [-0.15, -0.1) is 0 Å². The number of nitrogens with zero attached hydrogens (tertiary/aromatic N) is 1. The molecule has 3 heteroatoms. The summed E-state index contributed by atoms with van der Waals surface area (Å²) in [6.45, 7) is 5.63. The lowest BCUT2D eigenvalue weighted by Crippen LogP contribution is -2.12. The Labute approximate surface area is 95.5 Å². The largest absolute Gasteiger partial charge is 0.466 e.